The molecule has 8 heteroatoms. The van der Waals surface area contributed by atoms with Crippen molar-refractivity contribution in [2.75, 3.05) is 17.2 Å². The van der Waals surface area contributed by atoms with E-state index in [9.17, 15) is 14.4 Å². The molecule has 2 aromatic rings. The Morgan fingerprint density at radius 3 is 2.13 bits per heavy atom. The summed E-state index contributed by atoms with van der Waals surface area (Å²) in [5, 5.41) is 7.89. The number of anilines is 2. The fourth-order valence-corrected chi connectivity index (χ4v) is 2.74. The molecule has 0 aromatic heterocycles. The maximum atomic E-state index is 12.2. The quantitative estimate of drug-likeness (QED) is 0.549. The Bertz CT molecular complexity index is 892. The Kier molecular flexibility index (Phi) is 8.41. The lowest BCUT2D eigenvalue weighted by Crippen LogP contribution is -2.37. The molecule has 0 heterocycles. The molecular weight excluding hydrogens is 450 g/mol. The van der Waals surface area contributed by atoms with E-state index < -0.39 is 17.6 Å². The molecule has 30 heavy (non-hydrogen) atoms. The Hall–Kier alpha value is -2.87. The van der Waals surface area contributed by atoms with Crippen molar-refractivity contribution >= 4 is 45.2 Å². The molecular formula is C22H26BrN3O4. The molecule has 0 saturated heterocycles. The second-order valence-corrected chi connectivity index (χ2v) is 8.57. The van der Waals surface area contributed by atoms with Crippen LogP contribution in [-0.4, -0.2) is 30.1 Å². The molecule has 3 N–H and O–H groups in total. The third-order valence-corrected chi connectivity index (χ3v) is 4.30. The summed E-state index contributed by atoms with van der Waals surface area (Å²) in [6.07, 6.45) is 0.314. The third-order valence-electron chi connectivity index (χ3n) is 3.78. The maximum absolute atomic E-state index is 12.2. The molecule has 0 aliphatic carbocycles. The summed E-state index contributed by atoms with van der Waals surface area (Å²) < 4.78 is 6.08. The summed E-state index contributed by atoms with van der Waals surface area (Å²) in [7, 11) is 0. The fourth-order valence-electron chi connectivity index (χ4n) is 2.48. The number of rotatable bonds is 7. The van der Waals surface area contributed by atoms with Crippen LogP contribution in [0.5, 0.6) is 0 Å². The van der Waals surface area contributed by atoms with E-state index in [1.807, 2.05) is 24.3 Å². The summed E-state index contributed by atoms with van der Waals surface area (Å²) in [5.41, 5.74) is 1.53. The second-order valence-electron chi connectivity index (χ2n) is 7.66. The first kappa shape index (κ1) is 23.4. The lowest BCUT2D eigenvalue weighted by atomic mass is 10.1. The first-order chi connectivity index (χ1) is 14.1. The van der Waals surface area contributed by atoms with E-state index in [1.165, 1.54) is 0 Å². The van der Waals surface area contributed by atoms with Crippen molar-refractivity contribution in [2.24, 2.45) is 0 Å². The number of hydrogen-bond donors (Lipinski definition) is 3. The smallest absolute Gasteiger partial charge is 0.408 e. The van der Waals surface area contributed by atoms with E-state index in [0.29, 0.717) is 24.2 Å². The Morgan fingerprint density at radius 2 is 1.53 bits per heavy atom. The fraction of sp³-hybridized carbons (Fsp3) is 0.318. The first-order valence-electron chi connectivity index (χ1n) is 9.52. The highest BCUT2D eigenvalue weighted by Gasteiger charge is 2.16. The lowest BCUT2D eigenvalue weighted by molar-refractivity contribution is -0.116. The van der Waals surface area contributed by atoms with E-state index in [2.05, 4.69) is 31.9 Å². The van der Waals surface area contributed by atoms with Gasteiger partial charge in [0.15, 0.2) is 0 Å². The molecule has 0 aliphatic rings. The van der Waals surface area contributed by atoms with Gasteiger partial charge in [0.2, 0.25) is 11.8 Å². The molecule has 2 rings (SSSR count). The minimum absolute atomic E-state index is 0.118. The zero-order valence-electron chi connectivity index (χ0n) is 17.3. The molecule has 0 bridgehead atoms. The predicted octanol–water partition coefficient (Wildman–Crippen LogP) is 4.48. The van der Waals surface area contributed by atoms with E-state index in [4.69, 9.17) is 4.74 Å². The number of hydrogen-bond acceptors (Lipinski definition) is 4. The monoisotopic (exact) mass is 475 g/mol. The van der Waals surface area contributed by atoms with Gasteiger partial charge >= 0.3 is 6.09 Å². The number of carbonyl (C=O) groups excluding carboxylic acids is 3. The molecule has 7 nitrogen and oxygen atoms in total. The number of halogens is 1. The van der Waals surface area contributed by atoms with Gasteiger partial charge in [0.1, 0.15) is 12.1 Å². The van der Waals surface area contributed by atoms with Gasteiger partial charge in [-0.05, 0) is 63.1 Å². The van der Waals surface area contributed by atoms with Crippen LogP contribution in [0.25, 0.3) is 0 Å². The standard InChI is InChI=1S/C22H26BrN3O4/c1-22(2,3)30-21(29)24-14-20(28)26-18-6-4-5-17(13-18)25-19(27)12-9-15-7-10-16(23)11-8-15/h4-8,10-11,13H,9,12,14H2,1-3H3,(H,24,29)(H,25,27)(H,26,28). The minimum atomic E-state index is -0.663. The molecule has 2 aromatic carbocycles. The van der Waals surface area contributed by atoms with Crippen LogP contribution in [-0.2, 0) is 20.7 Å². The average molecular weight is 476 g/mol. The van der Waals surface area contributed by atoms with Gasteiger partial charge in [-0.2, -0.15) is 0 Å². The Morgan fingerprint density at radius 1 is 0.933 bits per heavy atom. The van der Waals surface area contributed by atoms with Gasteiger partial charge in [0, 0.05) is 22.3 Å². The average Bonchev–Trinajstić information content (AvgIpc) is 2.65. The van der Waals surface area contributed by atoms with Gasteiger partial charge in [-0.25, -0.2) is 4.79 Å². The van der Waals surface area contributed by atoms with Crippen molar-refractivity contribution in [3.05, 3.63) is 58.6 Å². The number of carbonyl (C=O) groups is 3. The van der Waals surface area contributed by atoms with Crippen LogP contribution in [0.2, 0.25) is 0 Å². The molecule has 0 spiro atoms. The number of benzene rings is 2. The molecule has 0 aliphatic heterocycles. The SMILES string of the molecule is CC(C)(C)OC(=O)NCC(=O)Nc1cccc(NC(=O)CCc2ccc(Br)cc2)c1. The summed E-state index contributed by atoms with van der Waals surface area (Å²) >= 11 is 3.39. The second kappa shape index (κ2) is 10.8. The van der Waals surface area contributed by atoms with Crippen LogP contribution >= 0.6 is 15.9 Å². The molecule has 160 valence electrons. The van der Waals surface area contributed by atoms with Gasteiger partial charge < -0.3 is 20.7 Å². The molecule has 0 radical (unpaired) electrons. The van der Waals surface area contributed by atoms with Crippen molar-refractivity contribution in [3.8, 4) is 0 Å². The highest BCUT2D eigenvalue weighted by molar-refractivity contribution is 9.10. The predicted molar refractivity (Wildman–Crippen MR) is 120 cm³/mol. The van der Waals surface area contributed by atoms with Crippen LogP contribution in [0.1, 0.15) is 32.8 Å². The molecule has 0 fully saturated rings. The molecule has 0 unspecified atom stereocenters. The van der Waals surface area contributed by atoms with Crippen LogP contribution < -0.4 is 16.0 Å². The largest absolute Gasteiger partial charge is 0.444 e. The molecule has 0 saturated carbocycles. The zero-order chi connectivity index (χ0) is 22.1. The van der Waals surface area contributed by atoms with Gasteiger partial charge in [0.25, 0.3) is 0 Å². The van der Waals surface area contributed by atoms with E-state index >= 15 is 0 Å². The topological polar surface area (TPSA) is 96.5 Å². The zero-order valence-corrected chi connectivity index (χ0v) is 18.8. The highest BCUT2D eigenvalue weighted by atomic mass is 79.9. The van der Waals surface area contributed by atoms with Crippen molar-refractivity contribution in [1.82, 2.24) is 5.32 Å². The molecule has 0 atom stereocenters. The Balaban J connectivity index is 1.80. The van der Waals surface area contributed by atoms with E-state index in [0.717, 1.165) is 10.0 Å². The van der Waals surface area contributed by atoms with Gasteiger partial charge in [0.05, 0.1) is 0 Å². The van der Waals surface area contributed by atoms with Crippen molar-refractivity contribution in [1.29, 1.82) is 0 Å². The van der Waals surface area contributed by atoms with Gasteiger partial charge in [-0.3, -0.25) is 9.59 Å². The van der Waals surface area contributed by atoms with Crippen LogP contribution in [0.3, 0.4) is 0 Å². The van der Waals surface area contributed by atoms with Crippen molar-refractivity contribution in [3.63, 3.8) is 0 Å². The molecule has 3 amide bonds. The number of amides is 3. The van der Waals surface area contributed by atoms with Crippen molar-refractivity contribution in [2.45, 2.75) is 39.2 Å². The Labute approximate surface area is 184 Å². The highest BCUT2D eigenvalue weighted by Crippen LogP contribution is 2.16. The first-order valence-corrected chi connectivity index (χ1v) is 10.3. The van der Waals surface area contributed by atoms with Crippen LogP contribution in [0.15, 0.2) is 53.0 Å². The summed E-state index contributed by atoms with van der Waals surface area (Å²) in [4.78, 5) is 35.8. The summed E-state index contributed by atoms with van der Waals surface area (Å²) in [6.45, 7) is 5.00. The number of alkyl carbamates (subject to hydrolysis) is 1. The summed E-state index contributed by atoms with van der Waals surface area (Å²) in [5.74, 6) is -0.521. The van der Waals surface area contributed by atoms with Crippen LogP contribution in [0, 0.1) is 0 Å². The number of nitrogens with one attached hydrogen (secondary N) is 3. The number of aryl methyl sites for hydroxylation is 1. The third kappa shape index (κ3) is 9.09. The van der Waals surface area contributed by atoms with Crippen molar-refractivity contribution < 1.29 is 19.1 Å². The van der Waals surface area contributed by atoms with E-state index in [-0.39, 0.29) is 12.5 Å². The normalized spacial score (nSPS) is 10.8. The van der Waals surface area contributed by atoms with Gasteiger partial charge in [-0.15, -0.1) is 0 Å². The lowest BCUT2D eigenvalue weighted by Gasteiger charge is -2.19. The minimum Gasteiger partial charge on any atom is -0.444 e. The van der Waals surface area contributed by atoms with Crippen LogP contribution in [0.4, 0.5) is 16.2 Å². The summed E-state index contributed by atoms with van der Waals surface area (Å²) in [6, 6.07) is 14.6. The maximum Gasteiger partial charge on any atom is 0.408 e. The number of ether oxygens (including phenoxy) is 1. The van der Waals surface area contributed by atoms with Gasteiger partial charge in [-0.1, -0.05) is 34.1 Å². The van der Waals surface area contributed by atoms with E-state index in [1.54, 1.807) is 45.0 Å².